The molecule has 0 aliphatic heterocycles. The highest BCUT2D eigenvalue weighted by molar-refractivity contribution is 7.99. The molecule has 0 fully saturated rings. The number of nitrogens with zero attached hydrogens (tertiary/aromatic N) is 3. The van der Waals surface area contributed by atoms with Crippen molar-refractivity contribution in [3.63, 3.8) is 0 Å². The molecule has 9 nitrogen and oxygen atoms in total. The predicted octanol–water partition coefficient (Wildman–Crippen LogP) is 2.82. The zero-order valence-electron chi connectivity index (χ0n) is 19.6. The number of ketones is 1. The topological polar surface area (TPSA) is 133 Å². The largest absolute Gasteiger partial charge is 0.384 e. The van der Waals surface area contributed by atoms with Gasteiger partial charge in [0.05, 0.1) is 22.3 Å². The van der Waals surface area contributed by atoms with Gasteiger partial charge in [-0.1, -0.05) is 49.0 Å². The molecule has 0 spiro atoms. The summed E-state index contributed by atoms with van der Waals surface area (Å²) in [6.45, 7) is 5.93. The van der Waals surface area contributed by atoms with Crippen molar-refractivity contribution in [3.05, 3.63) is 90.3 Å². The first-order chi connectivity index (χ1) is 16.7. The Kier molecular flexibility index (Phi) is 6.74. The van der Waals surface area contributed by atoms with Crippen LogP contribution in [-0.2, 0) is 6.54 Å². The van der Waals surface area contributed by atoms with Gasteiger partial charge < -0.3 is 5.73 Å². The normalized spacial score (nSPS) is 11.2. The van der Waals surface area contributed by atoms with Gasteiger partial charge in [0.25, 0.3) is 11.1 Å². The third-order valence-electron chi connectivity index (χ3n) is 5.71. The van der Waals surface area contributed by atoms with Crippen LogP contribution in [0.15, 0.2) is 62.0 Å². The summed E-state index contributed by atoms with van der Waals surface area (Å²) in [5.41, 5.74) is 6.99. The molecule has 0 aliphatic rings. The lowest BCUT2D eigenvalue weighted by Crippen LogP contribution is -2.36. The predicted molar refractivity (Wildman–Crippen MR) is 138 cm³/mol. The number of rotatable bonds is 7. The lowest BCUT2D eigenvalue weighted by Gasteiger charge is -2.17. The monoisotopic (exact) mass is 491 g/mol. The Bertz CT molecular complexity index is 1610. The molecule has 4 aromatic rings. The lowest BCUT2D eigenvalue weighted by atomic mass is 10.1. The molecule has 0 radical (unpaired) electrons. The Morgan fingerprint density at radius 3 is 2.43 bits per heavy atom. The van der Waals surface area contributed by atoms with Crippen LogP contribution >= 0.6 is 11.8 Å². The van der Waals surface area contributed by atoms with E-state index in [1.165, 1.54) is 9.13 Å². The van der Waals surface area contributed by atoms with Crippen LogP contribution < -0.4 is 22.5 Å². The molecule has 0 unspecified atom stereocenters. The van der Waals surface area contributed by atoms with E-state index in [4.69, 9.17) is 5.73 Å². The minimum absolute atomic E-state index is 0.162. The number of H-pyrrole nitrogens is 1. The van der Waals surface area contributed by atoms with Gasteiger partial charge in [-0.15, -0.1) is 0 Å². The number of hydrogen-bond acceptors (Lipinski definition) is 7. The van der Waals surface area contributed by atoms with Crippen molar-refractivity contribution >= 4 is 34.3 Å². The van der Waals surface area contributed by atoms with Crippen LogP contribution in [0.3, 0.4) is 0 Å². The molecule has 2 heterocycles. The number of nitrogens with one attached hydrogen (secondary N) is 1. The summed E-state index contributed by atoms with van der Waals surface area (Å²) >= 11 is 1.04. The van der Waals surface area contributed by atoms with Gasteiger partial charge in [-0.2, -0.15) is 0 Å². The fourth-order valence-corrected chi connectivity index (χ4v) is 4.94. The third kappa shape index (κ3) is 4.44. The Hall–Kier alpha value is -3.92. The molecule has 3 N–H and O–H groups in total. The number of thioether (sulfide) groups is 1. The van der Waals surface area contributed by atoms with Crippen molar-refractivity contribution < 1.29 is 4.79 Å². The second-order valence-electron chi connectivity index (χ2n) is 8.18. The maximum atomic E-state index is 13.5. The van der Waals surface area contributed by atoms with Gasteiger partial charge in [-0.25, -0.2) is 9.78 Å². The van der Waals surface area contributed by atoms with E-state index >= 15 is 0 Å². The number of fused-ring (bicyclic) bond motifs is 1. The fraction of sp³-hybridized carbons (Fsp3) is 0.240. The molecule has 4 rings (SSSR count). The number of nitrogens with two attached hydrogens (primary N) is 1. The summed E-state index contributed by atoms with van der Waals surface area (Å²) in [5.74, 6) is -0.924. The van der Waals surface area contributed by atoms with Crippen molar-refractivity contribution in [3.8, 4) is 5.69 Å². The van der Waals surface area contributed by atoms with E-state index in [2.05, 4.69) is 9.97 Å². The van der Waals surface area contributed by atoms with Gasteiger partial charge in [0.2, 0.25) is 0 Å². The summed E-state index contributed by atoms with van der Waals surface area (Å²) in [6, 6.07) is 12.7. The van der Waals surface area contributed by atoms with E-state index in [1.54, 1.807) is 24.3 Å². The average molecular weight is 492 g/mol. The number of aromatic nitrogens is 4. The minimum atomic E-state index is -0.830. The van der Waals surface area contributed by atoms with Gasteiger partial charge in [-0.05, 0) is 43.5 Å². The maximum absolute atomic E-state index is 13.5. The van der Waals surface area contributed by atoms with E-state index in [-0.39, 0.29) is 29.2 Å². The van der Waals surface area contributed by atoms with Crippen molar-refractivity contribution in [2.75, 3.05) is 11.5 Å². The lowest BCUT2D eigenvalue weighted by molar-refractivity contribution is 0.102. The molecule has 0 saturated carbocycles. The number of aryl methyl sites for hydroxylation is 2. The van der Waals surface area contributed by atoms with E-state index in [1.807, 2.05) is 39.0 Å². The number of anilines is 1. The van der Waals surface area contributed by atoms with Crippen LogP contribution in [0.1, 0.15) is 34.8 Å². The highest BCUT2D eigenvalue weighted by atomic mass is 32.2. The van der Waals surface area contributed by atoms with Gasteiger partial charge >= 0.3 is 5.69 Å². The van der Waals surface area contributed by atoms with Crippen molar-refractivity contribution in [1.82, 2.24) is 19.1 Å². The van der Waals surface area contributed by atoms with Crippen LogP contribution in [0.2, 0.25) is 0 Å². The smallest absolute Gasteiger partial charge is 0.329 e. The number of carbonyl (C=O) groups is 1. The molecular formula is C25H25N5O4S. The first-order valence-corrected chi connectivity index (χ1v) is 12.1. The number of nitrogen functional groups attached to an aromatic ring is 1. The van der Waals surface area contributed by atoms with Gasteiger partial charge in [0.1, 0.15) is 11.4 Å². The number of Topliss-reactive ketones (excluding diaryl/α,β-unsaturated/α-hetero) is 1. The highest BCUT2D eigenvalue weighted by Crippen LogP contribution is 2.26. The second-order valence-corrected chi connectivity index (χ2v) is 9.12. The van der Waals surface area contributed by atoms with Crippen molar-refractivity contribution in [1.29, 1.82) is 0 Å². The Morgan fingerprint density at radius 1 is 1.06 bits per heavy atom. The van der Waals surface area contributed by atoms with Crippen LogP contribution in [0.5, 0.6) is 0 Å². The summed E-state index contributed by atoms with van der Waals surface area (Å²) in [4.78, 5) is 58.0. The molecule has 0 amide bonds. The molecule has 0 saturated heterocycles. The van der Waals surface area contributed by atoms with Gasteiger partial charge in [0, 0.05) is 6.54 Å². The molecule has 0 atom stereocenters. The van der Waals surface area contributed by atoms with E-state index < -0.39 is 17.0 Å². The third-order valence-corrected chi connectivity index (χ3v) is 6.64. The Labute approximate surface area is 204 Å². The summed E-state index contributed by atoms with van der Waals surface area (Å²) in [5, 5.41) is 0.773. The summed E-state index contributed by atoms with van der Waals surface area (Å²) in [7, 11) is 0. The highest BCUT2D eigenvalue weighted by Gasteiger charge is 2.22. The quantitative estimate of drug-likeness (QED) is 0.231. The zero-order chi connectivity index (χ0) is 25.3. The standard InChI is InChI=1S/C25H25N5O4S/c1-4-12-29-21(26)19(22(32)28-24(29)34)18(31)13-35-25-27-17-11-6-5-10-16(17)23(33)30(25)20-14(2)8-7-9-15(20)3/h5-11H,4,12-13,26H2,1-3H3,(H,28,32,34). The number of para-hydroxylation sites is 2. The van der Waals surface area contributed by atoms with Gasteiger partial charge in [-0.3, -0.25) is 28.5 Å². The number of aromatic amines is 1. The van der Waals surface area contributed by atoms with Crippen molar-refractivity contribution in [2.24, 2.45) is 0 Å². The van der Waals surface area contributed by atoms with E-state index in [9.17, 15) is 19.2 Å². The van der Waals surface area contributed by atoms with Crippen LogP contribution in [0, 0.1) is 13.8 Å². The molecule has 0 aliphatic carbocycles. The molecule has 180 valence electrons. The number of hydrogen-bond donors (Lipinski definition) is 2. The first-order valence-electron chi connectivity index (χ1n) is 11.1. The van der Waals surface area contributed by atoms with E-state index in [0.717, 1.165) is 22.9 Å². The number of carbonyl (C=O) groups excluding carboxylic acids is 1. The molecule has 2 aromatic heterocycles. The molecular weight excluding hydrogens is 466 g/mol. The van der Waals surface area contributed by atoms with Crippen LogP contribution in [0.4, 0.5) is 5.82 Å². The van der Waals surface area contributed by atoms with Gasteiger partial charge in [0.15, 0.2) is 10.9 Å². The fourth-order valence-electron chi connectivity index (χ4n) is 4.07. The maximum Gasteiger partial charge on any atom is 0.329 e. The van der Waals surface area contributed by atoms with Crippen LogP contribution in [0.25, 0.3) is 16.6 Å². The first kappa shape index (κ1) is 24.2. The van der Waals surface area contributed by atoms with Crippen molar-refractivity contribution in [2.45, 2.75) is 38.9 Å². The SMILES string of the molecule is CCCn1c(N)c(C(=O)CSc2nc3ccccc3c(=O)n2-c2c(C)cccc2C)c(=O)[nH]c1=O. The molecule has 35 heavy (non-hydrogen) atoms. The molecule has 10 heteroatoms. The number of benzene rings is 2. The average Bonchev–Trinajstić information content (AvgIpc) is 2.81. The minimum Gasteiger partial charge on any atom is -0.384 e. The zero-order valence-corrected chi connectivity index (χ0v) is 20.4. The second kappa shape index (κ2) is 9.75. The molecule has 0 bridgehead atoms. The van der Waals surface area contributed by atoms with Crippen LogP contribution in [-0.4, -0.2) is 30.6 Å². The Balaban J connectivity index is 1.82. The summed E-state index contributed by atoms with van der Waals surface area (Å²) < 4.78 is 2.69. The Morgan fingerprint density at radius 2 is 1.74 bits per heavy atom. The summed E-state index contributed by atoms with van der Waals surface area (Å²) in [6.07, 6.45) is 0.599. The molecule has 2 aromatic carbocycles. The van der Waals surface area contributed by atoms with E-state index in [0.29, 0.717) is 28.2 Å².